The third-order valence-corrected chi connectivity index (χ3v) is 7.92. The molecule has 4 nitrogen and oxygen atoms in total. The van der Waals surface area contributed by atoms with E-state index in [-0.39, 0.29) is 12.6 Å². The topological polar surface area (TPSA) is 72.6 Å². The first-order chi connectivity index (χ1) is 19.1. The van der Waals surface area contributed by atoms with Crippen molar-refractivity contribution in [1.29, 1.82) is 0 Å². The molecule has 0 aromatic carbocycles. The van der Waals surface area contributed by atoms with Crippen LogP contribution >= 0.6 is 0 Å². The standard InChI is InChI=1S/C35H69NO3/c1-3-5-7-9-11-13-15-17-19-21-23-25-27-29-31-35(38)39-32-33(36)34(37)30-28-26-24-22-20-18-16-14-12-10-8-6-4-2/h28,30,33-34,37H,3-27,29,31-32,36H2,1-2H3/b30-28+. The number of esters is 1. The molecule has 2 unspecified atom stereocenters. The molecule has 0 fully saturated rings. The summed E-state index contributed by atoms with van der Waals surface area (Å²) in [5, 5.41) is 10.2. The summed E-state index contributed by atoms with van der Waals surface area (Å²) in [6, 6.07) is -0.557. The molecule has 0 aliphatic carbocycles. The molecule has 232 valence electrons. The van der Waals surface area contributed by atoms with Crippen molar-refractivity contribution in [2.45, 2.75) is 199 Å². The van der Waals surface area contributed by atoms with E-state index in [1.165, 1.54) is 141 Å². The molecule has 0 aliphatic rings. The Kier molecular flexibility index (Phi) is 30.9. The molecule has 4 heteroatoms. The van der Waals surface area contributed by atoms with E-state index < -0.39 is 12.1 Å². The number of ether oxygens (including phenoxy) is 1. The lowest BCUT2D eigenvalue weighted by atomic mass is 10.0. The molecule has 0 aromatic rings. The van der Waals surface area contributed by atoms with Crippen molar-refractivity contribution in [2.24, 2.45) is 5.73 Å². The average Bonchev–Trinajstić information content (AvgIpc) is 2.94. The van der Waals surface area contributed by atoms with E-state index in [9.17, 15) is 9.90 Å². The first-order valence-electron chi connectivity index (χ1n) is 17.4. The fourth-order valence-corrected chi connectivity index (χ4v) is 5.13. The zero-order valence-electron chi connectivity index (χ0n) is 26.4. The zero-order chi connectivity index (χ0) is 28.7. The highest BCUT2D eigenvalue weighted by Crippen LogP contribution is 2.14. The molecule has 0 saturated carbocycles. The van der Waals surface area contributed by atoms with Crippen molar-refractivity contribution in [1.82, 2.24) is 0 Å². The summed E-state index contributed by atoms with van der Waals surface area (Å²) >= 11 is 0. The number of aliphatic hydroxyl groups is 1. The van der Waals surface area contributed by atoms with E-state index in [0.29, 0.717) is 6.42 Å². The highest BCUT2D eigenvalue weighted by molar-refractivity contribution is 5.69. The number of hydrogen-bond acceptors (Lipinski definition) is 4. The third kappa shape index (κ3) is 29.9. The van der Waals surface area contributed by atoms with Crippen LogP contribution in [-0.4, -0.2) is 29.8 Å². The van der Waals surface area contributed by atoms with E-state index in [0.717, 1.165) is 25.7 Å². The highest BCUT2D eigenvalue weighted by atomic mass is 16.5. The van der Waals surface area contributed by atoms with Crippen molar-refractivity contribution in [3.05, 3.63) is 12.2 Å². The molecule has 0 saturated heterocycles. The van der Waals surface area contributed by atoms with Crippen LogP contribution in [0, 0.1) is 0 Å². The Labute approximate surface area is 244 Å². The smallest absolute Gasteiger partial charge is 0.305 e. The number of unbranched alkanes of at least 4 members (excludes halogenated alkanes) is 24. The fraction of sp³-hybridized carbons (Fsp3) is 0.914. The SMILES string of the molecule is CCCCCCCCCCCCC/C=C/C(O)C(N)COC(=O)CCCCCCCCCCCCCCCC. The minimum Gasteiger partial charge on any atom is -0.464 e. The summed E-state index contributed by atoms with van der Waals surface area (Å²) in [5.74, 6) is -0.193. The van der Waals surface area contributed by atoms with Gasteiger partial charge >= 0.3 is 5.97 Å². The van der Waals surface area contributed by atoms with E-state index in [4.69, 9.17) is 10.5 Å². The lowest BCUT2D eigenvalue weighted by Gasteiger charge is -2.15. The molecule has 0 bridgehead atoms. The van der Waals surface area contributed by atoms with Gasteiger partial charge in [0.05, 0.1) is 12.1 Å². The van der Waals surface area contributed by atoms with Crippen LogP contribution in [-0.2, 0) is 9.53 Å². The Morgan fingerprint density at radius 3 is 1.38 bits per heavy atom. The van der Waals surface area contributed by atoms with Gasteiger partial charge in [-0.05, 0) is 19.3 Å². The van der Waals surface area contributed by atoms with E-state index in [2.05, 4.69) is 13.8 Å². The quantitative estimate of drug-likeness (QED) is 0.0510. The molecule has 39 heavy (non-hydrogen) atoms. The minimum atomic E-state index is -0.758. The van der Waals surface area contributed by atoms with Crippen LogP contribution in [0.1, 0.15) is 187 Å². The lowest BCUT2D eigenvalue weighted by Crippen LogP contribution is -2.38. The molecule has 0 aliphatic heterocycles. The molecule has 0 rings (SSSR count). The molecule has 0 radical (unpaired) electrons. The van der Waals surface area contributed by atoms with Gasteiger partial charge < -0.3 is 15.6 Å². The lowest BCUT2D eigenvalue weighted by molar-refractivity contribution is -0.144. The van der Waals surface area contributed by atoms with Crippen LogP contribution in [0.4, 0.5) is 0 Å². The molecular weight excluding hydrogens is 482 g/mol. The van der Waals surface area contributed by atoms with Gasteiger partial charge in [-0.25, -0.2) is 0 Å². The molecular formula is C35H69NO3. The normalized spacial score (nSPS) is 13.2. The molecule has 3 N–H and O–H groups in total. The summed E-state index contributed by atoms with van der Waals surface area (Å²) in [4.78, 5) is 12.0. The fourth-order valence-electron chi connectivity index (χ4n) is 5.13. The third-order valence-electron chi connectivity index (χ3n) is 7.92. The van der Waals surface area contributed by atoms with Gasteiger partial charge in [-0.3, -0.25) is 4.79 Å². The van der Waals surface area contributed by atoms with E-state index in [1.54, 1.807) is 6.08 Å². The maximum atomic E-state index is 12.0. The molecule has 0 amide bonds. The van der Waals surface area contributed by atoms with Gasteiger partial charge in [-0.15, -0.1) is 0 Å². The second kappa shape index (κ2) is 31.7. The predicted octanol–water partition coefficient (Wildman–Crippen LogP) is 10.3. The van der Waals surface area contributed by atoms with Gasteiger partial charge in [-0.1, -0.05) is 174 Å². The molecule has 0 aromatic heterocycles. The summed E-state index contributed by atoms with van der Waals surface area (Å²) in [6.45, 7) is 4.62. The Morgan fingerprint density at radius 2 is 0.974 bits per heavy atom. The van der Waals surface area contributed by atoms with Crippen LogP contribution in [0.25, 0.3) is 0 Å². The van der Waals surface area contributed by atoms with Crippen LogP contribution in [0.3, 0.4) is 0 Å². The number of rotatable bonds is 31. The van der Waals surface area contributed by atoms with Crippen LogP contribution in [0.2, 0.25) is 0 Å². The minimum absolute atomic E-state index is 0.0847. The Hall–Kier alpha value is -0.870. The summed E-state index contributed by atoms with van der Waals surface area (Å²) in [6.07, 6.45) is 37.4. The van der Waals surface area contributed by atoms with Gasteiger partial charge in [0.2, 0.25) is 0 Å². The number of hydrogen-bond donors (Lipinski definition) is 2. The van der Waals surface area contributed by atoms with E-state index in [1.807, 2.05) is 6.08 Å². The van der Waals surface area contributed by atoms with Gasteiger partial charge in [0.25, 0.3) is 0 Å². The molecule has 0 spiro atoms. The Balaban J connectivity index is 3.47. The number of nitrogens with two attached hydrogens (primary N) is 1. The van der Waals surface area contributed by atoms with Gasteiger partial charge in [0.15, 0.2) is 0 Å². The van der Waals surface area contributed by atoms with Gasteiger partial charge in [0.1, 0.15) is 6.61 Å². The van der Waals surface area contributed by atoms with Crippen molar-refractivity contribution < 1.29 is 14.6 Å². The Bertz CT molecular complexity index is 522. The molecule has 2 atom stereocenters. The summed E-state index contributed by atoms with van der Waals surface area (Å²) in [7, 11) is 0. The number of aliphatic hydroxyl groups excluding tert-OH is 1. The highest BCUT2D eigenvalue weighted by Gasteiger charge is 2.14. The van der Waals surface area contributed by atoms with Crippen LogP contribution < -0.4 is 5.73 Å². The number of carbonyl (C=O) groups excluding carboxylic acids is 1. The number of carbonyl (C=O) groups is 1. The van der Waals surface area contributed by atoms with Crippen molar-refractivity contribution >= 4 is 5.97 Å². The van der Waals surface area contributed by atoms with Crippen LogP contribution in [0.5, 0.6) is 0 Å². The first kappa shape index (κ1) is 38.1. The van der Waals surface area contributed by atoms with E-state index >= 15 is 0 Å². The average molecular weight is 552 g/mol. The van der Waals surface area contributed by atoms with Crippen LogP contribution in [0.15, 0.2) is 12.2 Å². The van der Waals surface area contributed by atoms with Crippen molar-refractivity contribution in [2.75, 3.05) is 6.61 Å². The largest absolute Gasteiger partial charge is 0.464 e. The van der Waals surface area contributed by atoms with Crippen molar-refractivity contribution in [3.63, 3.8) is 0 Å². The maximum absolute atomic E-state index is 12.0. The second-order valence-corrected chi connectivity index (χ2v) is 11.9. The molecule has 0 heterocycles. The summed E-state index contributed by atoms with van der Waals surface area (Å²) in [5.41, 5.74) is 6.01. The van der Waals surface area contributed by atoms with Gasteiger partial charge in [-0.2, -0.15) is 0 Å². The predicted molar refractivity (Wildman–Crippen MR) is 170 cm³/mol. The first-order valence-corrected chi connectivity index (χ1v) is 17.4. The second-order valence-electron chi connectivity index (χ2n) is 11.9. The zero-order valence-corrected chi connectivity index (χ0v) is 26.4. The van der Waals surface area contributed by atoms with Crippen molar-refractivity contribution in [3.8, 4) is 0 Å². The van der Waals surface area contributed by atoms with Gasteiger partial charge in [0, 0.05) is 6.42 Å². The number of allylic oxidation sites excluding steroid dienone is 1. The maximum Gasteiger partial charge on any atom is 0.305 e. The monoisotopic (exact) mass is 552 g/mol. The Morgan fingerprint density at radius 1 is 0.615 bits per heavy atom. The summed E-state index contributed by atoms with van der Waals surface area (Å²) < 4.78 is 5.30.